The van der Waals surface area contributed by atoms with E-state index < -0.39 is 0 Å². The number of carbonyl (C=O) groups excluding carboxylic acids is 1. The second kappa shape index (κ2) is 7.31. The van der Waals surface area contributed by atoms with E-state index in [0.29, 0.717) is 17.3 Å². The van der Waals surface area contributed by atoms with E-state index >= 15 is 0 Å². The molecule has 22 heavy (non-hydrogen) atoms. The normalized spacial score (nSPS) is 10.5. The largest absolute Gasteiger partial charge is 0.372 e. The Morgan fingerprint density at radius 3 is 2.41 bits per heavy atom. The molecule has 0 radical (unpaired) electrons. The maximum atomic E-state index is 12.3. The Hall–Kier alpha value is -2.01. The van der Waals surface area contributed by atoms with Crippen molar-refractivity contribution in [1.82, 2.24) is 9.78 Å². The summed E-state index contributed by atoms with van der Waals surface area (Å²) < 4.78 is 1.59. The lowest BCUT2D eigenvalue weighted by Crippen LogP contribution is -2.21. The molecular formula is C16H21ClN4O. The summed E-state index contributed by atoms with van der Waals surface area (Å²) in [5, 5.41) is 7.29. The Balaban J connectivity index is 2.13. The minimum absolute atomic E-state index is 0.250. The van der Waals surface area contributed by atoms with Crippen molar-refractivity contribution in [3.8, 4) is 0 Å². The molecule has 0 atom stereocenters. The summed E-state index contributed by atoms with van der Waals surface area (Å²) in [6, 6.07) is 7.79. The lowest BCUT2D eigenvalue weighted by molar-refractivity contribution is 0.101. The van der Waals surface area contributed by atoms with Crippen molar-refractivity contribution in [2.75, 3.05) is 23.3 Å². The maximum absolute atomic E-state index is 12.3. The van der Waals surface area contributed by atoms with Gasteiger partial charge >= 0.3 is 0 Å². The van der Waals surface area contributed by atoms with Crippen LogP contribution in [0.2, 0.25) is 5.02 Å². The summed E-state index contributed by atoms with van der Waals surface area (Å²) in [5.41, 5.74) is 2.26. The van der Waals surface area contributed by atoms with Crippen molar-refractivity contribution in [1.29, 1.82) is 0 Å². The molecule has 0 bridgehead atoms. The number of amides is 1. The summed E-state index contributed by atoms with van der Waals surface area (Å²) in [5.74, 6) is -0.250. The third-order valence-corrected chi connectivity index (χ3v) is 3.84. The highest BCUT2D eigenvalue weighted by Crippen LogP contribution is 2.20. The second-order valence-corrected chi connectivity index (χ2v) is 5.24. The molecule has 1 N–H and O–H groups in total. The summed E-state index contributed by atoms with van der Waals surface area (Å²) in [7, 11) is 0. The van der Waals surface area contributed by atoms with Crippen LogP contribution in [0.4, 0.5) is 11.4 Å². The zero-order chi connectivity index (χ0) is 16.1. The van der Waals surface area contributed by atoms with Gasteiger partial charge in [-0.05, 0) is 45.0 Å². The number of nitrogens with one attached hydrogen (secondary N) is 1. The van der Waals surface area contributed by atoms with Gasteiger partial charge in [0, 0.05) is 31.0 Å². The molecular weight excluding hydrogens is 300 g/mol. The van der Waals surface area contributed by atoms with Gasteiger partial charge in [0.2, 0.25) is 0 Å². The lowest BCUT2D eigenvalue weighted by atomic mass is 10.2. The van der Waals surface area contributed by atoms with Crippen LogP contribution in [0.3, 0.4) is 0 Å². The molecule has 0 saturated carbocycles. The number of benzene rings is 1. The van der Waals surface area contributed by atoms with E-state index in [2.05, 4.69) is 29.2 Å². The standard InChI is InChI=1S/C16H21ClN4O/c1-4-20(5-2)13-9-7-12(8-10-13)19-16(22)15-14(17)11-18-21(15)6-3/h7-11H,4-6H2,1-3H3,(H,19,22). The first-order chi connectivity index (χ1) is 10.6. The molecule has 0 aliphatic carbocycles. The zero-order valence-corrected chi connectivity index (χ0v) is 13.9. The van der Waals surface area contributed by atoms with Crippen LogP contribution in [0.5, 0.6) is 0 Å². The monoisotopic (exact) mass is 320 g/mol. The van der Waals surface area contributed by atoms with Gasteiger partial charge in [0.25, 0.3) is 5.91 Å². The Kier molecular flexibility index (Phi) is 5.44. The maximum Gasteiger partial charge on any atom is 0.275 e. The minimum atomic E-state index is -0.250. The predicted molar refractivity (Wildman–Crippen MR) is 90.9 cm³/mol. The SMILES string of the molecule is CCN(CC)c1ccc(NC(=O)c2c(Cl)cnn2CC)cc1. The van der Waals surface area contributed by atoms with Crippen LogP contribution in [0.15, 0.2) is 30.5 Å². The molecule has 1 aromatic carbocycles. The fourth-order valence-corrected chi connectivity index (χ4v) is 2.59. The first-order valence-electron chi connectivity index (χ1n) is 7.48. The molecule has 0 saturated heterocycles. The number of nitrogens with zero attached hydrogens (tertiary/aromatic N) is 3. The van der Waals surface area contributed by atoms with Crippen molar-refractivity contribution >= 4 is 28.9 Å². The Labute approximate surface area is 135 Å². The summed E-state index contributed by atoms with van der Waals surface area (Å²) in [6.45, 7) is 8.65. The Morgan fingerprint density at radius 2 is 1.86 bits per heavy atom. The van der Waals surface area contributed by atoms with Crippen LogP contribution in [-0.2, 0) is 6.54 Å². The molecule has 0 aliphatic rings. The van der Waals surface area contributed by atoms with Crippen LogP contribution in [-0.4, -0.2) is 28.8 Å². The first kappa shape index (κ1) is 16.4. The summed E-state index contributed by atoms with van der Waals surface area (Å²) in [4.78, 5) is 14.6. The van der Waals surface area contributed by atoms with Crippen LogP contribution >= 0.6 is 11.6 Å². The van der Waals surface area contributed by atoms with E-state index in [1.165, 1.54) is 6.20 Å². The molecule has 1 amide bonds. The molecule has 0 fully saturated rings. The molecule has 0 aliphatic heterocycles. The number of carbonyl (C=O) groups is 1. The number of hydrogen-bond acceptors (Lipinski definition) is 3. The first-order valence-corrected chi connectivity index (χ1v) is 7.86. The van der Waals surface area contributed by atoms with Gasteiger partial charge in [0.15, 0.2) is 0 Å². The second-order valence-electron chi connectivity index (χ2n) is 4.83. The van der Waals surface area contributed by atoms with Gasteiger partial charge in [-0.15, -0.1) is 0 Å². The molecule has 5 nitrogen and oxygen atoms in total. The van der Waals surface area contributed by atoms with Crippen molar-refractivity contribution in [2.45, 2.75) is 27.3 Å². The van der Waals surface area contributed by atoms with Crippen LogP contribution < -0.4 is 10.2 Å². The third-order valence-electron chi connectivity index (χ3n) is 3.56. The van der Waals surface area contributed by atoms with E-state index in [1.807, 2.05) is 31.2 Å². The topological polar surface area (TPSA) is 50.2 Å². The van der Waals surface area contributed by atoms with Gasteiger partial charge < -0.3 is 10.2 Å². The Morgan fingerprint density at radius 1 is 1.23 bits per heavy atom. The van der Waals surface area contributed by atoms with Crippen molar-refractivity contribution in [2.24, 2.45) is 0 Å². The highest BCUT2D eigenvalue weighted by atomic mass is 35.5. The zero-order valence-electron chi connectivity index (χ0n) is 13.1. The average molecular weight is 321 g/mol. The van der Waals surface area contributed by atoms with E-state index in [-0.39, 0.29) is 5.91 Å². The van der Waals surface area contributed by atoms with E-state index in [1.54, 1.807) is 4.68 Å². The number of aromatic nitrogens is 2. The van der Waals surface area contributed by atoms with Crippen LogP contribution in [0.25, 0.3) is 0 Å². The van der Waals surface area contributed by atoms with Gasteiger partial charge in [0.1, 0.15) is 5.69 Å². The van der Waals surface area contributed by atoms with Gasteiger partial charge in [-0.25, -0.2) is 0 Å². The third kappa shape index (κ3) is 3.42. The van der Waals surface area contributed by atoms with Crippen LogP contribution in [0, 0.1) is 0 Å². The van der Waals surface area contributed by atoms with E-state index in [4.69, 9.17) is 11.6 Å². The molecule has 6 heteroatoms. The Bertz CT molecular complexity index is 632. The number of hydrogen-bond donors (Lipinski definition) is 1. The number of aryl methyl sites for hydroxylation is 1. The molecule has 2 rings (SSSR count). The molecule has 0 unspecified atom stereocenters. The molecule has 1 heterocycles. The van der Waals surface area contributed by atoms with Crippen molar-refractivity contribution < 1.29 is 4.79 Å². The number of halogens is 1. The van der Waals surface area contributed by atoms with Crippen molar-refractivity contribution in [3.63, 3.8) is 0 Å². The van der Waals surface area contributed by atoms with Gasteiger partial charge in [0.05, 0.1) is 11.2 Å². The fraction of sp³-hybridized carbons (Fsp3) is 0.375. The number of rotatable bonds is 6. The fourth-order valence-electron chi connectivity index (χ4n) is 2.36. The molecule has 2 aromatic rings. The van der Waals surface area contributed by atoms with Gasteiger partial charge in [-0.3, -0.25) is 9.48 Å². The lowest BCUT2D eigenvalue weighted by Gasteiger charge is -2.21. The molecule has 0 spiro atoms. The number of anilines is 2. The average Bonchev–Trinajstić information content (AvgIpc) is 2.91. The quantitative estimate of drug-likeness (QED) is 0.883. The van der Waals surface area contributed by atoms with E-state index in [0.717, 1.165) is 24.5 Å². The van der Waals surface area contributed by atoms with E-state index in [9.17, 15) is 4.79 Å². The predicted octanol–water partition coefficient (Wildman–Crippen LogP) is 3.65. The minimum Gasteiger partial charge on any atom is -0.372 e. The van der Waals surface area contributed by atoms with Gasteiger partial charge in [-0.2, -0.15) is 5.10 Å². The smallest absolute Gasteiger partial charge is 0.275 e. The van der Waals surface area contributed by atoms with Crippen LogP contribution in [0.1, 0.15) is 31.3 Å². The van der Waals surface area contributed by atoms with Gasteiger partial charge in [-0.1, -0.05) is 11.6 Å². The summed E-state index contributed by atoms with van der Waals surface area (Å²) >= 11 is 6.04. The molecule has 118 valence electrons. The summed E-state index contributed by atoms with van der Waals surface area (Å²) in [6.07, 6.45) is 1.49. The van der Waals surface area contributed by atoms with Crippen molar-refractivity contribution in [3.05, 3.63) is 41.2 Å². The highest BCUT2D eigenvalue weighted by Gasteiger charge is 2.16. The highest BCUT2D eigenvalue weighted by molar-refractivity contribution is 6.34. The molecule has 1 aromatic heterocycles.